The maximum atomic E-state index is 13.8. The van der Waals surface area contributed by atoms with Crippen LogP contribution in [0.5, 0.6) is 11.5 Å². The van der Waals surface area contributed by atoms with Gasteiger partial charge in [-0.1, -0.05) is 37.3 Å². The molecule has 2 aromatic carbocycles. The van der Waals surface area contributed by atoms with Crippen molar-refractivity contribution in [2.75, 3.05) is 7.11 Å². The van der Waals surface area contributed by atoms with Crippen LogP contribution in [0.15, 0.2) is 42.5 Å². The molecule has 0 saturated carbocycles. The quantitative estimate of drug-likeness (QED) is 0.787. The van der Waals surface area contributed by atoms with Gasteiger partial charge in [0, 0.05) is 23.7 Å². The third kappa shape index (κ3) is 4.70. The van der Waals surface area contributed by atoms with Gasteiger partial charge in [-0.3, -0.25) is 0 Å². The van der Waals surface area contributed by atoms with E-state index in [1.54, 1.807) is 25.3 Å². The van der Waals surface area contributed by atoms with Crippen molar-refractivity contribution in [3.8, 4) is 11.5 Å². The standard InChI is InChI=1S/C19H24FNO2/c1-4-14(2)21-12-15-9-7-11-18(22-3)19(15)23-13-16-8-5-6-10-17(16)20/h5-11,14,21H,4,12-13H2,1-3H3/t14-/m1/s1. The molecule has 1 N–H and O–H groups in total. The Labute approximate surface area is 137 Å². The second kappa shape index (κ2) is 8.53. The van der Waals surface area contributed by atoms with E-state index >= 15 is 0 Å². The topological polar surface area (TPSA) is 30.5 Å². The highest BCUT2D eigenvalue weighted by molar-refractivity contribution is 5.46. The Bertz CT molecular complexity index is 631. The van der Waals surface area contributed by atoms with Crippen molar-refractivity contribution in [2.45, 2.75) is 39.5 Å². The van der Waals surface area contributed by atoms with E-state index in [2.05, 4.69) is 19.2 Å². The third-order valence-electron chi connectivity index (χ3n) is 3.86. The first kappa shape index (κ1) is 17.3. The van der Waals surface area contributed by atoms with Crippen LogP contribution in [0.4, 0.5) is 4.39 Å². The molecule has 0 amide bonds. The molecule has 124 valence electrons. The summed E-state index contributed by atoms with van der Waals surface area (Å²) in [4.78, 5) is 0. The zero-order valence-corrected chi connectivity index (χ0v) is 13.9. The van der Waals surface area contributed by atoms with E-state index in [1.165, 1.54) is 6.07 Å². The number of hydrogen-bond acceptors (Lipinski definition) is 3. The highest BCUT2D eigenvalue weighted by atomic mass is 19.1. The van der Waals surface area contributed by atoms with Crippen LogP contribution in [0.3, 0.4) is 0 Å². The number of benzene rings is 2. The Morgan fingerprint density at radius 1 is 1.09 bits per heavy atom. The molecule has 3 nitrogen and oxygen atoms in total. The van der Waals surface area contributed by atoms with Crippen molar-refractivity contribution in [3.05, 3.63) is 59.4 Å². The Morgan fingerprint density at radius 2 is 1.83 bits per heavy atom. The summed E-state index contributed by atoms with van der Waals surface area (Å²) in [6.45, 7) is 5.13. The summed E-state index contributed by atoms with van der Waals surface area (Å²) in [6, 6.07) is 12.8. The maximum absolute atomic E-state index is 13.8. The summed E-state index contributed by atoms with van der Waals surface area (Å²) in [5.41, 5.74) is 1.53. The number of methoxy groups -OCH3 is 1. The van der Waals surface area contributed by atoms with E-state index in [0.29, 0.717) is 29.6 Å². The van der Waals surface area contributed by atoms with Gasteiger partial charge >= 0.3 is 0 Å². The van der Waals surface area contributed by atoms with Crippen LogP contribution in [0.1, 0.15) is 31.4 Å². The lowest BCUT2D eigenvalue weighted by Crippen LogP contribution is -2.24. The van der Waals surface area contributed by atoms with E-state index in [9.17, 15) is 4.39 Å². The number of ether oxygens (including phenoxy) is 2. The molecule has 0 fully saturated rings. The summed E-state index contributed by atoms with van der Waals surface area (Å²) in [5.74, 6) is 1.06. The van der Waals surface area contributed by atoms with Crippen LogP contribution < -0.4 is 14.8 Å². The summed E-state index contributed by atoms with van der Waals surface area (Å²) in [5, 5.41) is 3.44. The molecule has 0 radical (unpaired) electrons. The molecule has 0 heterocycles. The first-order chi connectivity index (χ1) is 11.2. The van der Waals surface area contributed by atoms with E-state index in [1.807, 2.05) is 18.2 Å². The Kier molecular flexibility index (Phi) is 6.41. The van der Waals surface area contributed by atoms with Crippen molar-refractivity contribution >= 4 is 0 Å². The fourth-order valence-electron chi connectivity index (χ4n) is 2.22. The highest BCUT2D eigenvalue weighted by Gasteiger charge is 2.12. The smallest absolute Gasteiger partial charge is 0.166 e. The molecule has 0 spiro atoms. The predicted octanol–water partition coefficient (Wildman–Crippen LogP) is 4.30. The van der Waals surface area contributed by atoms with E-state index in [0.717, 1.165) is 12.0 Å². The molecule has 2 rings (SSSR count). The van der Waals surface area contributed by atoms with Crippen molar-refractivity contribution in [2.24, 2.45) is 0 Å². The summed E-state index contributed by atoms with van der Waals surface area (Å²) >= 11 is 0. The van der Waals surface area contributed by atoms with Gasteiger partial charge in [-0.15, -0.1) is 0 Å². The molecule has 2 aromatic rings. The first-order valence-corrected chi connectivity index (χ1v) is 7.91. The normalized spacial score (nSPS) is 12.0. The van der Waals surface area contributed by atoms with Gasteiger partial charge in [0.2, 0.25) is 0 Å². The molecule has 0 unspecified atom stereocenters. The van der Waals surface area contributed by atoms with E-state index in [4.69, 9.17) is 9.47 Å². The number of nitrogens with one attached hydrogen (secondary N) is 1. The molecule has 23 heavy (non-hydrogen) atoms. The van der Waals surface area contributed by atoms with Crippen LogP contribution in [0, 0.1) is 5.82 Å². The molecule has 0 aliphatic carbocycles. The first-order valence-electron chi connectivity index (χ1n) is 7.91. The van der Waals surface area contributed by atoms with E-state index in [-0.39, 0.29) is 12.4 Å². The Balaban J connectivity index is 2.16. The van der Waals surface area contributed by atoms with Gasteiger partial charge in [-0.05, 0) is 25.5 Å². The Morgan fingerprint density at radius 3 is 2.52 bits per heavy atom. The maximum Gasteiger partial charge on any atom is 0.166 e. The average Bonchev–Trinajstić information content (AvgIpc) is 2.59. The van der Waals surface area contributed by atoms with Gasteiger partial charge in [-0.25, -0.2) is 4.39 Å². The van der Waals surface area contributed by atoms with Crippen LogP contribution in [0.25, 0.3) is 0 Å². The summed E-state index contributed by atoms with van der Waals surface area (Å²) in [7, 11) is 1.61. The SMILES string of the molecule is CC[C@@H](C)NCc1cccc(OC)c1OCc1ccccc1F. The van der Waals surface area contributed by atoms with Crippen molar-refractivity contribution in [1.29, 1.82) is 0 Å². The summed E-state index contributed by atoms with van der Waals surface area (Å²) in [6.07, 6.45) is 1.05. The molecule has 0 aromatic heterocycles. The minimum Gasteiger partial charge on any atom is -0.493 e. The molecule has 4 heteroatoms. The minimum absolute atomic E-state index is 0.170. The zero-order valence-electron chi connectivity index (χ0n) is 13.9. The average molecular weight is 317 g/mol. The second-order valence-electron chi connectivity index (χ2n) is 5.52. The van der Waals surface area contributed by atoms with Crippen LogP contribution in [-0.2, 0) is 13.2 Å². The van der Waals surface area contributed by atoms with Gasteiger partial charge in [0.15, 0.2) is 11.5 Å². The third-order valence-corrected chi connectivity index (χ3v) is 3.86. The lowest BCUT2D eigenvalue weighted by atomic mass is 10.1. The molecule has 0 aliphatic rings. The van der Waals surface area contributed by atoms with Gasteiger partial charge < -0.3 is 14.8 Å². The van der Waals surface area contributed by atoms with Crippen LogP contribution in [-0.4, -0.2) is 13.2 Å². The number of para-hydroxylation sites is 1. The van der Waals surface area contributed by atoms with Gasteiger partial charge in [0.25, 0.3) is 0 Å². The molecule has 0 saturated heterocycles. The lowest BCUT2D eigenvalue weighted by molar-refractivity contribution is 0.275. The molecule has 0 aliphatic heterocycles. The fourth-order valence-corrected chi connectivity index (χ4v) is 2.22. The van der Waals surface area contributed by atoms with Gasteiger partial charge in [0.1, 0.15) is 12.4 Å². The largest absolute Gasteiger partial charge is 0.493 e. The fraction of sp³-hybridized carbons (Fsp3) is 0.368. The number of rotatable bonds is 8. The number of hydrogen-bond donors (Lipinski definition) is 1. The second-order valence-corrected chi connectivity index (χ2v) is 5.52. The molecule has 0 bridgehead atoms. The van der Waals surface area contributed by atoms with E-state index < -0.39 is 0 Å². The summed E-state index contributed by atoms with van der Waals surface area (Å²) < 4.78 is 25.0. The monoisotopic (exact) mass is 317 g/mol. The van der Waals surface area contributed by atoms with Crippen LogP contribution >= 0.6 is 0 Å². The minimum atomic E-state index is -0.262. The lowest BCUT2D eigenvalue weighted by Gasteiger charge is -2.17. The van der Waals surface area contributed by atoms with Gasteiger partial charge in [-0.2, -0.15) is 0 Å². The Hall–Kier alpha value is -2.07. The van der Waals surface area contributed by atoms with Crippen LogP contribution in [0.2, 0.25) is 0 Å². The molecule has 1 atom stereocenters. The van der Waals surface area contributed by atoms with Crippen molar-refractivity contribution in [3.63, 3.8) is 0 Å². The van der Waals surface area contributed by atoms with Gasteiger partial charge in [0.05, 0.1) is 7.11 Å². The number of halogens is 1. The van der Waals surface area contributed by atoms with Crippen molar-refractivity contribution in [1.82, 2.24) is 5.32 Å². The molecular weight excluding hydrogens is 293 g/mol. The zero-order chi connectivity index (χ0) is 16.7. The van der Waals surface area contributed by atoms with Crippen molar-refractivity contribution < 1.29 is 13.9 Å². The highest BCUT2D eigenvalue weighted by Crippen LogP contribution is 2.32. The predicted molar refractivity (Wildman–Crippen MR) is 90.3 cm³/mol. The molecular formula is C19H24FNO2.